The lowest BCUT2D eigenvalue weighted by atomic mass is 10.8. The van der Waals surface area contributed by atoms with Crippen LogP contribution in [0.5, 0.6) is 0 Å². The molecule has 0 aliphatic rings. The van der Waals surface area contributed by atoms with Crippen molar-refractivity contribution in [2.75, 3.05) is 13.6 Å². The minimum absolute atomic E-state index is 0.931. The van der Waals surface area contributed by atoms with Crippen molar-refractivity contribution in [2.24, 2.45) is 0 Å². The van der Waals surface area contributed by atoms with Crippen LogP contribution in [-0.4, -0.2) is 18.0 Å². The molecule has 0 saturated heterocycles. The molecule has 0 unspecified atom stereocenters. The zero-order chi connectivity index (χ0) is 4.99. The molecule has 0 saturated carbocycles. The third kappa shape index (κ3) is 4.27. The highest BCUT2D eigenvalue weighted by Crippen LogP contribution is 1.73. The summed E-state index contributed by atoms with van der Waals surface area (Å²) in [4.78, 5) is 0. The Morgan fingerprint density at radius 3 is 2.33 bits per heavy atom. The minimum atomic E-state index is 0.931. The number of hydrogen-bond acceptors (Lipinski definition) is 3. The number of hydrazine groups is 1. The number of rotatable bonds is 2. The fourth-order valence-electron chi connectivity index (χ4n) is 0.229. The highest BCUT2D eigenvalue weighted by Gasteiger charge is 1.77. The first-order valence-electron chi connectivity index (χ1n) is 1.93. The molecule has 0 radical (unpaired) electrons. The monoisotopic (exact) mass is 106 g/mol. The van der Waals surface area contributed by atoms with Crippen LogP contribution in [0.1, 0.15) is 6.92 Å². The van der Waals surface area contributed by atoms with Gasteiger partial charge in [-0.1, -0.05) is 19.7 Å². The second-order valence-electron chi connectivity index (χ2n) is 1.04. The predicted molar refractivity (Wildman–Crippen MR) is 30.4 cm³/mol. The summed E-state index contributed by atoms with van der Waals surface area (Å²) in [6.07, 6.45) is 0. The summed E-state index contributed by atoms with van der Waals surface area (Å²) in [5.41, 5.74) is 2.91. The topological polar surface area (TPSA) is 15.3 Å². The van der Waals surface area contributed by atoms with Crippen LogP contribution in [0.2, 0.25) is 0 Å². The highest BCUT2D eigenvalue weighted by atomic mass is 32.1. The molecule has 0 aromatic carbocycles. The second-order valence-corrected chi connectivity index (χ2v) is 1.64. The Hall–Kier alpha value is 0.270. The summed E-state index contributed by atoms with van der Waals surface area (Å²) in [6, 6.07) is 0. The summed E-state index contributed by atoms with van der Waals surface area (Å²) in [6.45, 7) is 2.95. The van der Waals surface area contributed by atoms with Crippen molar-refractivity contribution in [3.8, 4) is 0 Å². The van der Waals surface area contributed by atoms with Crippen molar-refractivity contribution >= 4 is 12.8 Å². The van der Waals surface area contributed by atoms with Gasteiger partial charge >= 0.3 is 0 Å². The van der Waals surface area contributed by atoms with Gasteiger partial charge in [0, 0.05) is 13.6 Å². The molecule has 0 aromatic heterocycles. The summed E-state index contributed by atoms with van der Waals surface area (Å²) in [5.74, 6) is 0. The summed E-state index contributed by atoms with van der Waals surface area (Å²) in [7, 11) is 1.84. The average Bonchev–Trinajstić information content (AvgIpc) is 1.35. The number of nitrogens with one attached hydrogen (secondary N) is 1. The molecule has 0 spiro atoms. The molecule has 6 heavy (non-hydrogen) atoms. The molecule has 0 amide bonds. The standard InChI is InChI=1S/C3H10N2S/c1-3-4-5(2)6/h4,6H,3H2,1-2H3. The van der Waals surface area contributed by atoms with E-state index in [0.29, 0.717) is 0 Å². The maximum absolute atomic E-state index is 3.90. The van der Waals surface area contributed by atoms with E-state index < -0.39 is 0 Å². The van der Waals surface area contributed by atoms with E-state index in [2.05, 4.69) is 18.2 Å². The van der Waals surface area contributed by atoms with Gasteiger partial charge in [0.15, 0.2) is 0 Å². The SMILES string of the molecule is CCNN(C)S. The van der Waals surface area contributed by atoms with Crippen molar-refractivity contribution < 1.29 is 0 Å². The quantitative estimate of drug-likeness (QED) is 0.388. The van der Waals surface area contributed by atoms with Gasteiger partial charge in [-0.2, -0.15) is 4.41 Å². The largest absolute Gasteiger partial charge is 0.246 e. The number of hydrogen-bond donors (Lipinski definition) is 2. The van der Waals surface area contributed by atoms with E-state index in [0.717, 1.165) is 6.54 Å². The summed E-state index contributed by atoms with van der Waals surface area (Å²) < 4.78 is 1.62. The fourth-order valence-corrected chi connectivity index (χ4v) is 0.370. The third-order valence-electron chi connectivity index (χ3n) is 0.387. The van der Waals surface area contributed by atoms with Gasteiger partial charge in [0.05, 0.1) is 0 Å². The van der Waals surface area contributed by atoms with Crippen molar-refractivity contribution in [1.29, 1.82) is 0 Å². The van der Waals surface area contributed by atoms with Gasteiger partial charge in [0.1, 0.15) is 0 Å². The first-order valence-corrected chi connectivity index (χ1v) is 2.33. The summed E-state index contributed by atoms with van der Waals surface area (Å²) >= 11 is 3.90. The van der Waals surface area contributed by atoms with Crippen LogP contribution in [-0.2, 0) is 0 Å². The predicted octanol–water partition coefficient (Wildman–Crippen LogP) is 0.288. The molecule has 1 N–H and O–H groups in total. The molecule has 0 aromatic rings. The van der Waals surface area contributed by atoms with Crippen LogP contribution < -0.4 is 5.43 Å². The molecule has 0 aliphatic carbocycles. The molecule has 0 atom stereocenters. The van der Waals surface area contributed by atoms with Gasteiger partial charge in [-0.25, -0.2) is 5.43 Å². The van der Waals surface area contributed by atoms with E-state index in [4.69, 9.17) is 0 Å². The molecular formula is C3H10N2S. The van der Waals surface area contributed by atoms with Crippen molar-refractivity contribution in [3.05, 3.63) is 0 Å². The highest BCUT2D eigenvalue weighted by molar-refractivity contribution is 7.77. The third-order valence-corrected chi connectivity index (χ3v) is 0.528. The molecular weight excluding hydrogens is 96.1 g/mol. The molecule has 0 aliphatic heterocycles. The molecule has 0 heterocycles. The Labute approximate surface area is 44.0 Å². The number of nitrogens with zero attached hydrogens (tertiary/aromatic N) is 1. The lowest BCUT2D eigenvalue weighted by Crippen LogP contribution is -2.24. The molecule has 3 heteroatoms. The smallest absolute Gasteiger partial charge is 0.0128 e. The van der Waals surface area contributed by atoms with E-state index >= 15 is 0 Å². The second kappa shape index (κ2) is 3.46. The Kier molecular flexibility index (Phi) is 3.62. The Balaban J connectivity index is 2.63. The minimum Gasteiger partial charge on any atom is -0.246 e. The first kappa shape index (κ1) is 6.27. The Morgan fingerprint density at radius 1 is 1.83 bits per heavy atom. The maximum Gasteiger partial charge on any atom is 0.0128 e. The van der Waals surface area contributed by atoms with Gasteiger partial charge in [-0.05, 0) is 0 Å². The van der Waals surface area contributed by atoms with Gasteiger partial charge in [-0.15, -0.1) is 0 Å². The van der Waals surface area contributed by atoms with E-state index in [1.54, 1.807) is 4.41 Å². The molecule has 0 bridgehead atoms. The van der Waals surface area contributed by atoms with Gasteiger partial charge in [0.2, 0.25) is 0 Å². The molecule has 2 nitrogen and oxygen atoms in total. The van der Waals surface area contributed by atoms with E-state index in [-0.39, 0.29) is 0 Å². The zero-order valence-corrected chi connectivity index (χ0v) is 5.00. The Morgan fingerprint density at radius 2 is 2.33 bits per heavy atom. The van der Waals surface area contributed by atoms with Crippen LogP contribution in [0, 0.1) is 0 Å². The van der Waals surface area contributed by atoms with Crippen molar-refractivity contribution in [2.45, 2.75) is 6.92 Å². The Bertz CT molecular complexity index is 30.0. The van der Waals surface area contributed by atoms with Crippen molar-refractivity contribution in [3.63, 3.8) is 0 Å². The zero-order valence-electron chi connectivity index (χ0n) is 4.10. The first-order chi connectivity index (χ1) is 2.77. The van der Waals surface area contributed by atoms with Crippen LogP contribution in [0.4, 0.5) is 0 Å². The van der Waals surface area contributed by atoms with Gasteiger partial charge in [0.25, 0.3) is 0 Å². The number of thiol groups is 1. The van der Waals surface area contributed by atoms with Crippen LogP contribution >= 0.6 is 12.8 Å². The lowest BCUT2D eigenvalue weighted by Gasteiger charge is -2.05. The normalized spacial score (nSPS) is 10.0. The van der Waals surface area contributed by atoms with Crippen molar-refractivity contribution in [1.82, 2.24) is 9.84 Å². The molecule has 0 rings (SSSR count). The van der Waals surface area contributed by atoms with Gasteiger partial charge in [-0.3, -0.25) is 0 Å². The summed E-state index contributed by atoms with van der Waals surface area (Å²) in [5, 5.41) is 0. The van der Waals surface area contributed by atoms with E-state index in [1.165, 1.54) is 0 Å². The van der Waals surface area contributed by atoms with E-state index in [1.807, 2.05) is 14.0 Å². The van der Waals surface area contributed by atoms with Gasteiger partial charge < -0.3 is 0 Å². The lowest BCUT2D eigenvalue weighted by molar-refractivity contribution is 0.433. The average molecular weight is 106 g/mol. The molecule has 0 fully saturated rings. The maximum atomic E-state index is 3.90. The van der Waals surface area contributed by atoms with E-state index in [9.17, 15) is 0 Å². The fraction of sp³-hybridized carbons (Fsp3) is 1.00. The molecule has 38 valence electrons. The van der Waals surface area contributed by atoms with Crippen LogP contribution in [0.3, 0.4) is 0 Å². The van der Waals surface area contributed by atoms with Crippen LogP contribution in [0.25, 0.3) is 0 Å². The van der Waals surface area contributed by atoms with Crippen LogP contribution in [0.15, 0.2) is 0 Å².